The highest BCUT2D eigenvalue weighted by atomic mass is 16.6. The van der Waals surface area contributed by atoms with Gasteiger partial charge >= 0.3 is 5.97 Å². The highest BCUT2D eigenvalue weighted by molar-refractivity contribution is 5.96. The molecule has 0 aromatic heterocycles. The number of carbonyl (C=O) groups is 2. The van der Waals surface area contributed by atoms with Gasteiger partial charge in [0.15, 0.2) is 11.5 Å². The zero-order valence-electron chi connectivity index (χ0n) is 20.4. The van der Waals surface area contributed by atoms with Crippen molar-refractivity contribution in [2.24, 2.45) is 5.92 Å². The fourth-order valence-corrected chi connectivity index (χ4v) is 7.92. The molecule has 4 N–H and O–H groups in total. The van der Waals surface area contributed by atoms with Gasteiger partial charge in [0.05, 0.1) is 30.1 Å². The first-order valence-electron chi connectivity index (χ1n) is 13.1. The van der Waals surface area contributed by atoms with Crippen molar-refractivity contribution < 1.29 is 34.3 Å². The summed E-state index contributed by atoms with van der Waals surface area (Å²) in [7, 11) is 0. The summed E-state index contributed by atoms with van der Waals surface area (Å²) in [4.78, 5) is 24.4. The topological polar surface area (TPSA) is 139 Å². The molecule has 2 saturated carbocycles. The number of carboxylic acids is 1. The molecule has 1 spiro atoms. The number of aromatic hydroxyl groups is 1. The first-order valence-corrected chi connectivity index (χ1v) is 13.1. The number of benzene rings is 2. The van der Waals surface area contributed by atoms with E-state index in [1.807, 2.05) is 6.07 Å². The molecule has 1 unspecified atom stereocenters. The number of piperidine rings is 1. The first-order chi connectivity index (χ1) is 17.7. The lowest BCUT2D eigenvalue weighted by atomic mass is 9.48. The van der Waals surface area contributed by atoms with Crippen LogP contribution in [0.25, 0.3) is 0 Å². The Morgan fingerprint density at radius 1 is 1.08 bits per heavy atom. The quantitative estimate of drug-likeness (QED) is 0.361. The molecular formula is C28H30N2O7. The molecule has 6 atom stereocenters. The molecule has 5 aliphatic rings. The van der Waals surface area contributed by atoms with Gasteiger partial charge in [-0.05, 0) is 61.6 Å². The second kappa shape index (κ2) is 7.46. The number of hydroxylamine groups is 3. The SMILES string of the molecule is O=C(O)c1ccc(C(=O)N[C@@H]2CC[C@@]3(O)[C@H]4Cc5ccc(O)c6c5[C@@]3(CC[N+]4([O-])CC3CC3)[C@H]2O6)cc1. The molecule has 2 bridgehead atoms. The number of phenolic OH excluding ortho intramolecular Hbond substituents is 1. The average molecular weight is 507 g/mol. The van der Waals surface area contributed by atoms with Gasteiger partial charge in [0.25, 0.3) is 5.91 Å². The van der Waals surface area contributed by atoms with Gasteiger partial charge < -0.3 is 35.2 Å². The largest absolute Gasteiger partial charge is 0.632 e. The highest BCUT2D eigenvalue weighted by Gasteiger charge is 2.76. The van der Waals surface area contributed by atoms with Gasteiger partial charge in [-0.3, -0.25) is 4.79 Å². The number of phenols is 1. The lowest BCUT2D eigenvalue weighted by Crippen LogP contribution is -2.81. The van der Waals surface area contributed by atoms with Gasteiger partial charge in [0, 0.05) is 29.9 Å². The number of quaternary nitrogens is 1. The molecule has 2 aromatic carbocycles. The maximum Gasteiger partial charge on any atom is 0.335 e. The van der Waals surface area contributed by atoms with E-state index in [2.05, 4.69) is 5.32 Å². The molecule has 3 fully saturated rings. The normalized spacial score (nSPS) is 36.9. The third-order valence-corrected chi connectivity index (χ3v) is 9.77. The highest BCUT2D eigenvalue weighted by Crippen LogP contribution is 2.66. The lowest BCUT2D eigenvalue weighted by molar-refractivity contribution is -0.924. The van der Waals surface area contributed by atoms with E-state index >= 15 is 0 Å². The third kappa shape index (κ3) is 3.02. The minimum atomic E-state index is -1.30. The zero-order valence-corrected chi connectivity index (χ0v) is 20.4. The number of aromatic carboxylic acids is 1. The van der Waals surface area contributed by atoms with Crippen molar-refractivity contribution in [1.82, 2.24) is 5.32 Å². The van der Waals surface area contributed by atoms with Crippen LogP contribution in [0.4, 0.5) is 0 Å². The summed E-state index contributed by atoms with van der Waals surface area (Å²) in [5.74, 6) is -0.642. The number of amides is 1. The number of rotatable bonds is 5. The minimum absolute atomic E-state index is 0.00379. The first kappa shape index (κ1) is 23.0. The van der Waals surface area contributed by atoms with Crippen LogP contribution in [-0.4, -0.2) is 68.7 Å². The van der Waals surface area contributed by atoms with Crippen LogP contribution in [0, 0.1) is 11.1 Å². The number of ether oxygens (including phenoxy) is 1. The van der Waals surface area contributed by atoms with E-state index in [0.29, 0.717) is 56.0 Å². The molecule has 9 heteroatoms. The Balaban J connectivity index is 1.27. The number of carboxylic acid groups (broad SMARTS) is 1. The van der Waals surface area contributed by atoms with Crippen LogP contribution in [0.5, 0.6) is 11.5 Å². The van der Waals surface area contributed by atoms with Crippen molar-refractivity contribution in [3.05, 3.63) is 63.9 Å². The molecule has 2 heterocycles. The molecule has 37 heavy (non-hydrogen) atoms. The van der Waals surface area contributed by atoms with Crippen LogP contribution in [0.15, 0.2) is 36.4 Å². The second-order valence-electron chi connectivity index (χ2n) is 11.7. The maximum atomic E-state index is 14.3. The van der Waals surface area contributed by atoms with Crippen molar-refractivity contribution in [2.75, 3.05) is 13.1 Å². The van der Waals surface area contributed by atoms with Crippen molar-refractivity contribution in [3.8, 4) is 11.5 Å². The minimum Gasteiger partial charge on any atom is -0.632 e. The third-order valence-electron chi connectivity index (χ3n) is 9.77. The number of nitrogens with one attached hydrogen (secondary N) is 1. The lowest BCUT2D eigenvalue weighted by Gasteiger charge is -2.68. The van der Waals surface area contributed by atoms with Gasteiger partial charge in [-0.2, -0.15) is 0 Å². The predicted octanol–water partition coefficient (Wildman–Crippen LogP) is 2.47. The van der Waals surface area contributed by atoms with Gasteiger partial charge in [0.1, 0.15) is 17.7 Å². The van der Waals surface area contributed by atoms with E-state index < -0.39 is 39.8 Å². The van der Waals surface area contributed by atoms with Gasteiger partial charge in [-0.15, -0.1) is 0 Å². The fourth-order valence-electron chi connectivity index (χ4n) is 7.92. The van der Waals surface area contributed by atoms with Crippen molar-refractivity contribution in [3.63, 3.8) is 0 Å². The molecule has 1 amide bonds. The monoisotopic (exact) mass is 506 g/mol. The summed E-state index contributed by atoms with van der Waals surface area (Å²) in [6.45, 7) is 0.899. The standard InChI is InChI=1S/C28H30N2O7/c31-20-8-7-18-13-21-28(35)10-9-19(29-25(32)16-3-5-17(6-4-16)26(33)34)24-27(28,22(18)23(20)37-24)11-12-30(21,36)14-15-1-2-15/h3-8,15,19,21,24,31,35H,1-2,9-14H2,(H,29,32)(H,33,34)/t19-,21-,24+,27+,28-,30?/m1/s1. The van der Waals surface area contributed by atoms with E-state index in [0.717, 1.165) is 24.0 Å². The smallest absolute Gasteiger partial charge is 0.335 e. The molecule has 7 rings (SSSR count). The molecule has 2 aromatic rings. The summed E-state index contributed by atoms with van der Waals surface area (Å²) in [6, 6.07) is 8.20. The predicted molar refractivity (Wildman–Crippen MR) is 131 cm³/mol. The Bertz CT molecular complexity index is 1320. The van der Waals surface area contributed by atoms with E-state index in [9.17, 15) is 25.0 Å². The Kier molecular flexibility index (Phi) is 4.64. The molecular weight excluding hydrogens is 476 g/mol. The van der Waals surface area contributed by atoms with E-state index in [1.54, 1.807) is 6.07 Å². The molecule has 3 aliphatic carbocycles. The molecule has 194 valence electrons. The summed E-state index contributed by atoms with van der Waals surface area (Å²) >= 11 is 0. The summed E-state index contributed by atoms with van der Waals surface area (Å²) < 4.78 is 6.03. The van der Waals surface area contributed by atoms with Crippen LogP contribution in [-0.2, 0) is 11.8 Å². The van der Waals surface area contributed by atoms with Crippen LogP contribution in [0.2, 0.25) is 0 Å². The van der Waals surface area contributed by atoms with E-state index in [1.165, 1.54) is 24.3 Å². The zero-order chi connectivity index (χ0) is 25.7. The number of aliphatic hydroxyl groups is 1. The fraction of sp³-hybridized carbons (Fsp3) is 0.500. The van der Waals surface area contributed by atoms with Crippen molar-refractivity contribution >= 4 is 11.9 Å². The summed E-state index contributed by atoms with van der Waals surface area (Å²) in [5.41, 5.74) is -0.0287. The molecule has 0 radical (unpaired) electrons. The summed E-state index contributed by atoms with van der Waals surface area (Å²) in [5, 5.41) is 49.7. The molecule has 1 saturated heterocycles. The Hall–Kier alpha value is -3.14. The average Bonchev–Trinajstić information content (AvgIpc) is 3.60. The maximum absolute atomic E-state index is 14.3. The van der Waals surface area contributed by atoms with Crippen LogP contribution >= 0.6 is 0 Å². The number of hydrogen-bond donors (Lipinski definition) is 4. The Morgan fingerprint density at radius 3 is 2.51 bits per heavy atom. The van der Waals surface area contributed by atoms with E-state index in [4.69, 9.17) is 9.84 Å². The van der Waals surface area contributed by atoms with Crippen LogP contribution in [0.3, 0.4) is 0 Å². The number of carbonyl (C=O) groups excluding carboxylic acids is 1. The van der Waals surface area contributed by atoms with Crippen molar-refractivity contribution in [1.29, 1.82) is 0 Å². The Labute approximate surface area is 213 Å². The van der Waals surface area contributed by atoms with Gasteiger partial charge in [-0.1, -0.05) is 6.07 Å². The van der Waals surface area contributed by atoms with Crippen LogP contribution < -0.4 is 10.1 Å². The number of nitrogens with zero attached hydrogens (tertiary/aromatic N) is 1. The van der Waals surface area contributed by atoms with Crippen LogP contribution in [0.1, 0.15) is 63.9 Å². The molecule has 9 nitrogen and oxygen atoms in total. The molecule has 2 aliphatic heterocycles. The van der Waals surface area contributed by atoms with Gasteiger partial charge in [-0.25, -0.2) is 4.79 Å². The number of likely N-dealkylation sites (tertiary alicyclic amines) is 1. The van der Waals surface area contributed by atoms with Crippen molar-refractivity contribution in [2.45, 2.75) is 67.7 Å². The van der Waals surface area contributed by atoms with Gasteiger partial charge in [0.2, 0.25) is 0 Å². The van der Waals surface area contributed by atoms with E-state index in [-0.39, 0.29) is 17.2 Å². The summed E-state index contributed by atoms with van der Waals surface area (Å²) in [6.07, 6.45) is 3.15. The second-order valence-corrected chi connectivity index (χ2v) is 11.7. The number of hydrogen-bond acceptors (Lipinski definition) is 6. The Morgan fingerprint density at radius 2 is 1.81 bits per heavy atom.